The first-order valence-electron chi connectivity index (χ1n) is 6.95. The van der Waals surface area contributed by atoms with Crippen molar-refractivity contribution in [3.63, 3.8) is 0 Å². The molecule has 122 valence electrons. The molecule has 2 N–H and O–H groups in total. The molecule has 0 bridgehead atoms. The summed E-state index contributed by atoms with van der Waals surface area (Å²) in [6.07, 6.45) is 0. The van der Waals surface area contributed by atoms with Crippen molar-refractivity contribution in [2.75, 3.05) is 24.3 Å². The maximum Gasteiger partial charge on any atom is 0.337 e. The summed E-state index contributed by atoms with van der Waals surface area (Å²) in [6.45, 7) is 0.00223. The van der Waals surface area contributed by atoms with Gasteiger partial charge >= 0.3 is 5.97 Å². The average Bonchev–Trinajstić information content (AvgIpc) is 2.59. The van der Waals surface area contributed by atoms with E-state index in [0.29, 0.717) is 22.5 Å². The SMILES string of the molecule is COC(=O)c1cccc(NCC(=O)Nc2ccc(C#N)c(Cl)c2)c1. The average molecular weight is 344 g/mol. The van der Waals surface area contributed by atoms with Crippen molar-refractivity contribution >= 4 is 34.9 Å². The minimum atomic E-state index is -0.449. The first-order chi connectivity index (χ1) is 11.5. The van der Waals surface area contributed by atoms with Crippen LogP contribution in [0.25, 0.3) is 0 Å². The Bertz CT molecular complexity index is 815. The molecule has 0 saturated heterocycles. The van der Waals surface area contributed by atoms with Gasteiger partial charge in [-0.2, -0.15) is 5.26 Å². The number of ether oxygens (including phenoxy) is 1. The lowest BCUT2D eigenvalue weighted by molar-refractivity contribution is -0.114. The molecule has 1 amide bonds. The van der Waals surface area contributed by atoms with E-state index in [1.54, 1.807) is 30.3 Å². The van der Waals surface area contributed by atoms with Crippen LogP contribution in [0.5, 0.6) is 0 Å². The van der Waals surface area contributed by atoms with Crippen molar-refractivity contribution in [2.45, 2.75) is 0 Å². The molecule has 0 saturated carbocycles. The molecule has 2 rings (SSSR count). The van der Waals surface area contributed by atoms with E-state index in [-0.39, 0.29) is 17.5 Å². The van der Waals surface area contributed by atoms with Gasteiger partial charge in [-0.25, -0.2) is 4.79 Å². The Balaban J connectivity index is 1.95. The first-order valence-corrected chi connectivity index (χ1v) is 7.33. The number of nitriles is 1. The zero-order chi connectivity index (χ0) is 17.5. The predicted octanol–water partition coefficient (Wildman–Crippen LogP) is 3.05. The van der Waals surface area contributed by atoms with E-state index in [1.807, 2.05) is 6.07 Å². The van der Waals surface area contributed by atoms with E-state index >= 15 is 0 Å². The highest BCUT2D eigenvalue weighted by Crippen LogP contribution is 2.20. The van der Waals surface area contributed by atoms with E-state index in [0.717, 1.165) is 0 Å². The summed E-state index contributed by atoms with van der Waals surface area (Å²) >= 11 is 5.91. The summed E-state index contributed by atoms with van der Waals surface area (Å²) in [6, 6.07) is 13.2. The predicted molar refractivity (Wildman–Crippen MR) is 91.1 cm³/mol. The molecule has 0 aromatic heterocycles. The number of anilines is 2. The third-order valence-corrected chi connectivity index (χ3v) is 3.42. The van der Waals surface area contributed by atoms with Crippen LogP contribution in [0, 0.1) is 11.3 Å². The molecular weight excluding hydrogens is 330 g/mol. The number of amides is 1. The number of carbonyl (C=O) groups is 2. The molecule has 0 unspecified atom stereocenters. The number of carbonyl (C=O) groups excluding carboxylic acids is 2. The summed E-state index contributed by atoms with van der Waals surface area (Å²) in [5, 5.41) is 14.7. The monoisotopic (exact) mass is 343 g/mol. The Hall–Kier alpha value is -3.04. The molecule has 0 aliphatic rings. The fraction of sp³-hybridized carbons (Fsp3) is 0.118. The number of esters is 1. The third kappa shape index (κ3) is 4.48. The van der Waals surface area contributed by atoms with Crippen LogP contribution in [-0.4, -0.2) is 25.5 Å². The second-order valence-corrected chi connectivity index (χ2v) is 5.19. The van der Waals surface area contributed by atoms with Gasteiger partial charge in [-0.1, -0.05) is 17.7 Å². The molecule has 0 aliphatic carbocycles. The lowest BCUT2D eigenvalue weighted by Gasteiger charge is -2.09. The highest BCUT2D eigenvalue weighted by atomic mass is 35.5. The van der Waals surface area contributed by atoms with E-state index in [2.05, 4.69) is 15.4 Å². The van der Waals surface area contributed by atoms with Crippen LogP contribution in [0.3, 0.4) is 0 Å². The van der Waals surface area contributed by atoms with Gasteiger partial charge in [0.1, 0.15) is 6.07 Å². The van der Waals surface area contributed by atoms with Crippen LogP contribution < -0.4 is 10.6 Å². The highest BCUT2D eigenvalue weighted by molar-refractivity contribution is 6.32. The zero-order valence-electron chi connectivity index (χ0n) is 12.8. The fourth-order valence-corrected chi connectivity index (χ4v) is 2.17. The van der Waals surface area contributed by atoms with Crippen molar-refractivity contribution in [1.82, 2.24) is 0 Å². The number of hydrogen-bond donors (Lipinski definition) is 2. The quantitative estimate of drug-likeness (QED) is 0.814. The molecule has 24 heavy (non-hydrogen) atoms. The normalized spacial score (nSPS) is 9.71. The van der Waals surface area contributed by atoms with E-state index in [4.69, 9.17) is 16.9 Å². The smallest absolute Gasteiger partial charge is 0.337 e. The first kappa shape index (κ1) is 17.3. The van der Waals surface area contributed by atoms with E-state index in [9.17, 15) is 9.59 Å². The van der Waals surface area contributed by atoms with Crippen molar-refractivity contribution < 1.29 is 14.3 Å². The van der Waals surface area contributed by atoms with Crippen molar-refractivity contribution in [2.24, 2.45) is 0 Å². The Morgan fingerprint density at radius 1 is 1.21 bits per heavy atom. The Labute approximate surface area is 144 Å². The van der Waals surface area contributed by atoms with Gasteiger partial charge in [-0.3, -0.25) is 4.79 Å². The summed E-state index contributed by atoms with van der Waals surface area (Å²) in [4.78, 5) is 23.4. The highest BCUT2D eigenvalue weighted by Gasteiger charge is 2.08. The van der Waals surface area contributed by atoms with E-state index < -0.39 is 5.97 Å². The summed E-state index contributed by atoms with van der Waals surface area (Å²) in [7, 11) is 1.30. The van der Waals surface area contributed by atoms with Gasteiger partial charge in [0.2, 0.25) is 5.91 Å². The van der Waals surface area contributed by atoms with Gasteiger partial charge in [-0.15, -0.1) is 0 Å². The van der Waals surface area contributed by atoms with Gasteiger partial charge in [0.25, 0.3) is 0 Å². The number of hydrogen-bond acceptors (Lipinski definition) is 5. The lowest BCUT2D eigenvalue weighted by Crippen LogP contribution is -2.21. The molecule has 2 aromatic carbocycles. The van der Waals surface area contributed by atoms with Crippen LogP contribution >= 0.6 is 11.6 Å². The molecule has 0 atom stereocenters. The standard InChI is InChI=1S/C17H14ClN3O3/c1-24-17(23)11-3-2-4-13(7-11)20-10-16(22)21-14-6-5-12(9-19)15(18)8-14/h2-8,20H,10H2,1H3,(H,21,22). The van der Waals surface area contributed by atoms with Crippen LogP contribution in [0.15, 0.2) is 42.5 Å². The molecular formula is C17H14ClN3O3. The maximum atomic E-state index is 12.0. The van der Waals surface area contributed by atoms with Crippen molar-refractivity contribution in [1.29, 1.82) is 5.26 Å². The molecule has 0 spiro atoms. The Kier molecular flexibility index (Phi) is 5.77. The summed E-state index contributed by atoms with van der Waals surface area (Å²) in [5.74, 6) is -0.741. The third-order valence-electron chi connectivity index (χ3n) is 3.11. The molecule has 6 nitrogen and oxygen atoms in total. The number of rotatable bonds is 5. The minimum absolute atomic E-state index is 0.00223. The van der Waals surface area contributed by atoms with Crippen molar-refractivity contribution in [3.05, 3.63) is 58.6 Å². The zero-order valence-corrected chi connectivity index (χ0v) is 13.6. The number of nitrogens with zero attached hydrogens (tertiary/aromatic N) is 1. The number of benzene rings is 2. The van der Waals surface area contributed by atoms with Gasteiger partial charge in [0, 0.05) is 11.4 Å². The van der Waals surface area contributed by atoms with Crippen LogP contribution in [0.4, 0.5) is 11.4 Å². The Morgan fingerprint density at radius 3 is 2.67 bits per heavy atom. The molecule has 0 radical (unpaired) electrons. The molecule has 0 heterocycles. The number of halogens is 1. The van der Waals surface area contributed by atoms with E-state index in [1.165, 1.54) is 19.2 Å². The van der Waals surface area contributed by atoms with Gasteiger partial charge in [0.15, 0.2) is 0 Å². The topological polar surface area (TPSA) is 91.2 Å². The summed E-state index contributed by atoms with van der Waals surface area (Å²) in [5.41, 5.74) is 1.84. The number of methoxy groups -OCH3 is 1. The second kappa shape index (κ2) is 7.99. The van der Waals surface area contributed by atoms with Gasteiger partial charge in [0.05, 0.1) is 29.8 Å². The van der Waals surface area contributed by atoms with Crippen LogP contribution in [0.2, 0.25) is 5.02 Å². The molecule has 7 heteroatoms. The van der Waals surface area contributed by atoms with Crippen molar-refractivity contribution in [3.8, 4) is 6.07 Å². The molecule has 2 aromatic rings. The molecule has 0 fully saturated rings. The van der Waals surface area contributed by atoms with Crippen LogP contribution in [-0.2, 0) is 9.53 Å². The Morgan fingerprint density at radius 2 is 2.00 bits per heavy atom. The second-order valence-electron chi connectivity index (χ2n) is 4.78. The molecule has 0 aliphatic heterocycles. The van der Waals surface area contributed by atoms with Gasteiger partial charge in [-0.05, 0) is 36.4 Å². The minimum Gasteiger partial charge on any atom is -0.465 e. The maximum absolute atomic E-state index is 12.0. The van der Waals surface area contributed by atoms with Gasteiger partial charge < -0.3 is 15.4 Å². The number of nitrogens with one attached hydrogen (secondary N) is 2. The lowest BCUT2D eigenvalue weighted by atomic mass is 10.2. The largest absolute Gasteiger partial charge is 0.465 e. The fourth-order valence-electron chi connectivity index (χ4n) is 1.95. The summed E-state index contributed by atoms with van der Waals surface area (Å²) < 4.78 is 4.64. The van der Waals surface area contributed by atoms with Crippen LogP contribution in [0.1, 0.15) is 15.9 Å².